The lowest BCUT2D eigenvalue weighted by molar-refractivity contribution is 0.0918. The van der Waals surface area contributed by atoms with Gasteiger partial charge in [0, 0.05) is 25.6 Å². The molecule has 0 aliphatic carbocycles. The molecule has 0 saturated carbocycles. The first-order valence-electron chi connectivity index (χ1n) is 8.42. The molecule has 1 unspecified atom stereocenters. The van der Waals surface area contributed by atoms with E-state index in [1.165, 1.54) is 0 Å². The highest BCUT2D eigenvalue weighted by molar-refractivity contribution is 7.33. The number of fused-ring (bicyclic) bond motifs is 1. The van der Waals surface area contributed by atoms with Crippen LogP contribution in [0.3, 0.4) is 0 Å². The highest BCUT2D eigenvalue weighted by Gasteiger charge is 2.15. The van der Waals surface area contributed by atoms with Gasteiger partial charge in [-0.1, -0.05) is 50.0 Å². The fourth-order valence-electron chi connectivity index (χ4n) is 2.68. The summed E-state index contributed by atoms with van der Waals surface area (Å²) in [7, 11) is -2.19. The second-order valence-electron chi connectivity index (χ2n) is 7.29. The Morgan fingerprint density at radius 2 is 1.92 bits per heavy atom. The van der Waals surface area contributed by atoms with Crippen LogP contribution in [0.2, 0.25) is 25.7 Å². The van der Waals surface area contributed by atoms with Gasteiger partial charge in [0.1, 0.15) is 27.2 Å². The van der Waals surface area contributed by atoms with Crippen LogP contribution in [-0.4, -0.2) is 29.2 Å². The fourth-order valence-corrected chi connectivity index (χ4v) is 3.99. The van der Waals surface area contributed by atoms with E-state index in [4.69, 9.17) is 4.74 Å². The standard InChI is InChI=1S/C18H24N3O2PSi/c1-25(2,3)10-9-23-13-21-16(24-22)11-15-17(19-12-20-18(15)21)14-7-5-4-6-8-14/h4-8,11-12H,9-10,13,24H2,1-3H3. The zero-order chi connectivity index (χ0) is 17.9. The molecule has 0 saturated heterocycles. The monoisotopic (exact) mass is 373 g/mol. The molecule has 0 spiro atoms. The van der Waals surface area contributed by atoms with Crippen LogP contribution in [0.1, 0.15) is 0 Å². The van der Waals surface area contributed by atoms with Crippen molar-refractivity contribution in [2.45, 2.75) is 32.4 Å². The van der Waals surface area contributed by atoms with Crippen LogP contribution in [0.25, 0.3) is 22.3 Å². The van der Waals surface area contributed by atoms with Crippen molar-refractivity contribution < 1.29 is 9.30 Å². The quantitative estimate of drug-likeness (QED) is 0.359. The van der Waals surface area contributed by atoms with Gasteiger partial charge in [0.2, 0.25) is 0 Å². The molecule has 1 aromatic carbocycles. The summed E-state index contributed by atoms with van der Waals surface area (Å²) >= 11 is 0. The van der Waals surface area contributed by atoms with Gasteiger partial charge in [-0.15, -0.1) is 0 Å². The maximum atomic E-state index is 11.7. The van der Waals surface area contributed by atoms with Crippen molar-refractivity contribution in [3.63, 3.8) is 0 Å². The summed E-state index contributed by atoms with van der Waals surface area (Å²) in [4.78, 5) is 8.86. The maximum Gasteiger partial charge on any atom is 0.146 e. The Labute approximate surface area is 150 Å². The number of ether oxygens (including phenoxy) is 1. The predicted molar refractivity (Wildman–Crippen MR) is 107 cm³/mol. The van der Waals surface area contributed by atoms with Crippen molar-refractivity contribution in [3.05, 3.63) is 42.7 Å². The molecule has 0 fully saturated rings. The van der Waals surface area contributed by atoms with Gasteiger partial charge in [-0.25, -0.2) is 9.97 Å². The Morgan fingerprint density at radius 3 is 2.60 bits per heavy atom. The van der Waals surface area contributed by atoms with Crippen molar-refractivity contribution in [2.24, 2.45) is 0 Å². The van der Waals surface area contributed by atoms with Crippen molar-refractivity contribution >= 4 is 33.0 Å². The molecule has 2 heterocycles. The van der Waals surface area contributed by atoms with Crippen LogP contribution in [0.4, 0.5) is 0 Å². The van der Waals surface area contributed by atoms with Gasteiger partial charge in [0.25, 0.3) is 0 Å². The van der Waals surface area contributed by atoms with Crippen LogP contribution in [0.15, 0.2) is 42.7 Å². The highest BCUT2D eigenvalue weighted by Crippen LogP contribution is 2.26. The van der Waals surface area contributed by atoms with E-state index >= 15 is 0 Å². The molecule has 0 aliphatic heterocycles. The first kappa shape index (κ1) is 18.1. The smallest absolute Gasteiger partial charge is 0.146 e. The van der Waals surface area contributed by atoms with E-state index < -0.39 is 16.5 Å². The van der Waals surface area contributed by atoms with Crippen molar-refractivity contribution in [1.82, 2.24) is 14.5 Å². The summed E-state index contributed by atoms with van der Waals surface area (Å²) in [6.45, 7) is 8.08. The Morgan fingerprint density at radius 1 is 1.16 bits per heavy atom. The van der Waals surface area contributed by atoms with Gasteiger partial charge < -0.3 is 9.30 Å². The number of hydrogen-bond acceptors (Lipinski definition) is 4. The summed E-state index contributed by atoms with van der Waals surface area (Å²) in [5.41, 5.74) is 3.43. The molecule has 0 amide bonds. The predicted octanol–water partition coefficient (Wildman–Crippen LogP) is 3.79. The van der Waals surface area contributed by atoms with Crippen LogP contribution in [0.5, 0.6) is 0 Å². The first-order valence-corrected chi connectivity index (χ1v) is 13.2. The zero-order valence-corrected chi connectivity index (χ0v) is 17.1. The summed E-state index contributed by atoms with van der Waals surface area (Å²) < 4.78 is 19.5. The fraction of sp³-hybridized carbons (Fsp3) is 0.333. The summed E-state index contributed by atoms with van der Waals surface area (Å²) in [5, 5.41) is 0.917. The molecule has 0 N–H and O–H groups in total. The molecule has 1 atom stereocenters. The molecular formula is C18H24N3O2PSi. The van der Waals surface area contributed by atoms with E-state index in [1.54, 1.807) is 6.33 Å². The number of hydrogen-bond donors (Lipinski definition) is 0. The molecule has 2 aromatic heterocycles. The van der Waals surface area contributed by atoms with E-state index in [-0.39, 0.29) is 0 Å². The van der Waals surface area contributed by atoms with Crippen molar-refractivity contribution in [1.29, 1.82) is 0 Å². The lowest BCUT2D eigenvalue weighted by Gasteiger charge is -2.16. The molecule has 0 radical (unpaired) electrons. The Kier molecular flexibility index (Phi) is 5.52. The number of nitrogens with zero attached hydrogens (tertiary/aromatic N) is 3. The second-order valence-corrected chi connectivity index (χ2v) is 13.7. The largest absolute Gasteiger partial charge is 0.361 e. The van der Waals surface area contributed by atoms with E-state index in [0.717, 1.165) is 40.4 Å². The Bertz CT molecular complexity index is 875. The molecule has 3 rings (SSSR count). The molecule has 3 aromatic rings. The number of benzene rings is 1. The lowest BCUT2D eigenvalue weighted by Crippen LogP contribution is -2.22. The van der Waals surface area contributed by atoms with E-state index in [2.05, 4.69) is 29.6 Å². The molecule has 25 heavy (non-hydrogen) atoms. The Balaban J connectivity index is 1.92. The van der Waals surface area contributed by atoms with Crippen LogP contribution in [0, 0.1) is 0 Å². The molecule has 132 valence electrons. The Hall–Kier alpha value is -1.75. The summed E-state index contributed by atoms with van der Waals surface area (Å²) in [6, 6.07) is 13.0. The van der Waals surface area contributed by atoms with Gasteiger partial charge >= 0.3 is 0 Å². The number of rotatable bonds is 7. The molecule has 7 heteroatoms. The van der Waals surface area contributed by atoms with E-state index in [0.29, 0.717) is 6.73 Å². The van der Waals surface area contributed by atoms with Crippen LogP contribution < -0.4 is 5.44 Å². The maximum absolute atomic E-state index is 11.7. The van der Waals surface area contributed by atoms with Crippen LogP contribution in [-0.2, 0) is 16.0 Å². The van der Waals surface area contributed by atoms with Crippen molar-refractivity contribution in [2.75, 3.05) is 6.61 Å². The second kappa shape index (κ2) is 7.64. The zero-order valence-electron chi connectivity index (χ0n) is 14.9. The van der Waals surface area contributed by atoms with E-state index in [9.17, 15) is 4.57 Å². The summed E-state index contributed by atoms with van der Waals surface area (Å²) in [5.74, 6) is 0. The third kappa shape index (κ3) is 4.26. The van der Waals surface area contributed by atoms with Gasteiger partial charge in [-0.05, 0) is 12.1 Å². The van der Waals surface area contributed by atoms with E-state index in [1.807, 2.05) is 41.0 Å². The lowest BCUT2D eigenvalue weighted by atomic mass is 10.1. The van der Waals surface area contributed by atoms with Crippen LogP contribution >= 0.6 is 8.46 Å². The average molecular weight is 373 g/mol. The molecule has 5 nitrogen and oxygen atoms in total. The first-order chi connectivity index (χ1) is 12.0. The third-order valence-electron chi connectivity index (χ3n) is 4.11. The average Bonchev–Trinajstić information content (AvgIpc) is 2.96. The van der Waals surface area contributed by atoms with Gasteiger partial charge in [0.05, 0.1) is 11.1 Å². The number of aromatic nitrogens is 3. The van der Waals surface area contributed by atoms with Crippen molar-refractivity contribution in [3.8, 4) is 11.3 Å². The van der Waals surface area contributed by atoms with Gasteiger partial charge in [0.15, 0.2) is 0 Å². The minimum atomic E-state index is -1.12. The SMILES string of the molecule is C[Si](C)(C)CCOCn1c([PH2]=O)cc2c(-c3ccccc3)ncnc21. The van der Waals surface area contributed by atoms with Gasteiger partial charge in [-0.3, -0.25) is 4.57 Å². The minimum Gasteiger partial charge on any atom is -0.361 e. The summed E-state index contributed by atoms with van der Waals surface area (Å²) in [6.07, 6.45) is 1.56. The third-order valence-corrected chi connectivity index (χ3v) is 6.53. The normalized spacial score (nSPS) is 12.4. The molecule has 0 bridgehead atoms. The molecular weight excluding hydrogens is 349 g/mol. The van der Waals surface area contributed by atoms with Gasteiger partial charge in [-0.2, -0.15) is 0 Å². The molecule has 0 aliphatic rings. The highest BCUT2D eigenvalue weighted by atomic mass is 31.1. The minimum absolute atomic E-state index is 0.379. The topological polar surface area (TPSA) is 57.0 Å².